The van der Waals surface area contributed by atoms with Crippen molar-refractivity contribution >= 4 is 11.8 Å². The summed E-state index contributed by atoms with van der Waals surface area (Å²) in [4.78, 5) is 25.7. The number of carbonyl (C=O) groups excluding carboxylic acids is 2. The first-order chi connectivity index (χ1) is 9.99. The van der Waals surface area contributed by atoms with Crippen molar-refractivity contribution in [1.82, 2.24) is 10.2 Å². The van der Waals surface area contributed by atoms with Crippen LogP contribution in [0.5, 0.6) is 0 Å². The van der Waals surface area contributed by atoms with Gasteiger partial charge in [0.15, 0.2) is 0 Å². The third kappa shape index (κ3) is 3.82. The van der Waals surface area contributed by atoms with Crippen molar-refractivity contribution in [2.24, 2.45) is 5.92 Å². The first-order valence-corrected chi connectivity index (χ1v) is 7.28. The summed E-state index contributed by atoms with van der Waals surface area (Å²) in [6, 6.07) is 7.26. The van der Waals surface area contributed by atoms with Crippen LogP contribution in [0.15, 0.2) is 24.3 Å². The summed E-state index contributed by atoms with van der Waals surface area (Å²) in [5.41, 5.74) is 1.46. The van der Waals surface area contributed by atoms with Crippen LogP contribution in [0.25, 0.3) is 0 Å². The van der Waals surface area contributed by atoms with Crippen molar-refractivity contribution in [1.29, 1.82) is 0 Å². The normalized spacial score (nSPS) is 22.0. The average Bonchev–Trinajstić information content (AvgIpc) is 2.47. The van der Waals surface area contributed by atoms with Gasteiger partial charge < -0.3 is 15.3 Å². The first-order valence-electron chi connectivity index (χ1n) is 7.28. The van der Waals surface area contributed by atoms with Crippen LogP contribution in [0.1, 0.15) is 29.3 Å². The van der Waals surface area contributed by atoms with Gasteiger partial charge in [-0.2, -0.15) is 0 Å². The molecule has 114 valence electrons. The maximum absolute atomic E-state index is 12.1. The smallest absolute Gasteiger partial charge is 0.251 e. The third-order valence-corrected chi connectivity index (χ3v) is 4.06. The Balaban J connectivity index is 1.87. The molecule has 1 aromatic rings. The number of aryl methyl sites for hydroxylation is 1. The number of carbonyl (C=O) groups is 2. The van der Waals surface area contributed by atoms with Gasteiger partial charge in [-0.25, -0.2) is 0 Å². The molecule has 0 saturated carbocycles. The minimum absolute atomic E-state index is 0.0335. The van der Waals surface area contributed by atoms with Crippen LogP contribution in [0.3, 0.4) is 0 Å². The number of nitrogens with one attached hydrogen (secondary N) is 1. The van der Waals surface area contributed by atoms with Crippen LogP contribution in [0, 0.1) is 12.8 Å². The molecule has 1 saturated heterocycles. The number of nitrogens with zero attached hydrogens (tertiary/aromatic N) is 1. The largest absolute Gasteiger partial charge is 0.391 e. The molecule has 0 spiro atoms. The Bertz CT molecular complexity index is 530. The van der Waals surface area contributed by atoms with E-state index < -0.39 is 6.10 Å². The Labute approximate surface area is 125 Å². The van der Waals surface area contributed by atoms with E-state index in [0.717, 1.165) is 12.0 Å². The van der Waals surface area contributed by atoms with Crippen LogP contribution in [0.2, 0.25) is 0 Å². The Morgan fingerprint density at radius 3 is 2.76 bits per heavy atom. The molecule has 5 nitrogen and oxygen atoms in total. The molecule has 1 fully saturated rings. The van der Waals surface area contributed by atoms with Gasteiger partial charge in [0.25, 0.3) is 5.91 Å². The average molecular weight is 290 g/mol. The minimum Gasteiger partial charge on any atom is -0.391 e. The molecule has 1 aliphatic rings. The van der Waals surface area contributed by atoms with E-state index in [-0.39, 0.29) is 24.3 Å². The number of likely N-dealkylation sites (tertiary alicyclic amines) is 1. The molecule has 1 aromatic carbocycles. The van der Waals surface area contributed by atoms with Gasteiger partial charge in [0, 0.05) is 18.7 Å². The second-order valence-corrected chi connectivity index (χ2v) is 5.67. The highest BCUT2D eigenvalue weighted by Gasteiger charge is 2.27. The summed E-state index contributed by atoms with van der Waals surface area (Å²) in [6.45, 7) is 4.79. The number of rotatable bonds is 3. The number of aliphatic hydroxyl groups is 1. The number of hydrogen-bond donors (Lipinski definition) is 2. The van der Waals surface area contributed by atoms with Crippen molar-refractivity contribution in [2.75, 3.05) is 19.6 Å². The lowest BCUT2D eigenvalue weighted by Gasteiger charge is -2.34. The van der Waals surface area contributed by atoms with Gasteiger partial charge in [0.2, 0.25) is 5.91 Å². The highest BCUT2D eigenvalue weighted by Crippen LogP contribution is 2.16. The molecule has 1 aliphatic heterocycles. The fourth-order valence-corrected chi connectivity index (χ4v) is 2.47. The Morgan fingerprint density at radius 2 is 2.10 bits per heavy atom. The Morgan fingerprint density at radius 1 is 1.38 bits per heavy atom. The molecule has 1 heterocycles. The second kappa shape index (κ2) is 6.72. The fraction of sp³-hybridized carbons (Fsp3) is 0.500. The molecule has 0 radical (unpaired) electrons. The summed E-state index contributed by atoms with van der Waals surface area (Å²) in [7, 11) is 0. The van der Waals surface area contributed by atoms with Crippen LogP contribution in [-0.4, -0.2) is 47.6 Å². The zero-order chi connectivity index (χ0) is 15.4. The predicted octanol–water partition coefficient (Wildman–Crippen LogP) is 0.954. The molecule has 2 unspecified atom stereocenters. The van der Waals surface area contributed by atoms with E-state index in [2.05, 4.69) is 5.32 Å². The maximum atomic E-state index is 12.1. The molecule has 2 rings (SSSR count). The van der Waals surface area contributed by atoms with Gasteiger partial charge in [-0.05, 0) is 30.9 Å². The van der Waals surface area contributed by atoms with Crippen molar-refractivity contribution < 1.29 is 14.7 Å². The summed E-state index contributed by atoms with van der Waals surface area (Å²) < 4.78 is 0. The minimum atomic E-state index is -0.477. The highest BCUT2D eigenvalue weighted by molar-refractivity contribution is 5.97. The van der Waals surface area contributed by atoms with Crippen molar-refractivity contribution in [3.8, 4) is 0 Å². The van der Waals surface area contributed by atoms with Gasteiger partial charge in [-0.15, -0.1) is 0 Å². The Hall–Kier alpha value is -1.88. The quantitative estimate of drug-likeness (QED) is 0.871. The van der Waals surface area contributed by atoms with Crippen LogP contribution >= 0.6 is 0 Å². The lowest BCUT2D eigenvalue weighted by molar-refractivity contribution is -0.134. The van der Waals surface area contributed by atoms with Crippen LogP contribution < -0.4 is 5.32 Å². The molecule has 0 bridgehead atoms. The van der Waals surface area contributed by atoms with Gasteiger partial charge in [0.05, 0.1) is 12.6 Å². The summed E-state index contributed by atoms with van der Waals surface area (Å²) in [5, 5.41) is 12.5. The van der Waals surface area contributed by atoms with Crippen molar-refractivity contribution in [3.05, 3.63) is 35.4 Å². The van der Waals surface area contributed by atoms with Crippen LogP contribution in [0.4, 0.5) is 0 Å². The molecular weight excluding hydrogens is 268 g/mol. The number of hydrogen-bond acceptors (Lipinski definition) is 3. The zero-order valence-electron chi connectivity index (χ0n) is 12.5. The van der Waals surface area contributed by atoms with Gasteiger partial charge in [-0.3, -0.25) is 9.59 Å². The lowest BCUT2D eigenvalue weighted by Crippen LogP contribution is -2.49. The molecule has 2 amide bonds. The first kappa shape index (κ1) is 15.5. The monoisotopic (exact) mass is 290 g/mol. The molecule has 0 aliphatic carbocycles. The topological polar surface area (TPSA) is 69.6 Å². The SMILES string of the molecule is Cc1ccccc1C(=O)NCC(=O)N1CCC(C)C(O)C1. The van der Waals surface area contributed by atoms with E-state index >= 15 is 0 Å². The number of β-amino-alcohol motifs (C(OH)–C–C–N with tert-alkyl or cyclic N) is 1. The van der Waals surface area contributed by atoms with Gasteiger partial charge in [-0.1, -0.05) is 25.1 Å². The van der Waals surface area contributed by atoms with E-state index in [1.807, 2.05) is 26.0 Å². The lowest BCUT2D eigenvalue weighted by atomic mass is 9.96. The number of amides is 2. The van der Waals surface area contributed by atoms with E-state index in [9.17, 15) is 14.7 Å². The third-order valence-electron chi connectivity index (χ3n) is 4.06. The molecular formula is C16H22N2O3. The Kier molecular flexibility index (Phi) is 4.96. The zero-order valence-corrected chi connectivity index (χ0v) is 12.5. The molecule has 2 atom stereocenters. The second-order valence-electron chi connectivity index (χ2n) is 5.67. The number of aliphatic hydroxyl groups excluding tert-OH is 1. The van der Waals surface area contributed by atoms with Crippen molar-refractivity contribution in [2.45, 2.75) is 26.4 Å². The molecule has 5 heteroatoms. The molecule has 0 aromatic heterocycles. The van der Waals surface area contributed by atoms with E-state index in [1.54, 1.807) is 17.0 Å². The highest BCUT2D eigenvalue weighted by atomic mass is 16.3. The summed E-state index contributed by atoms with van der Waals surface area (Å²) >= 11 is 0. The van der Waals surface area contributed by atoms with E-state index in [1.165, 1.54) is 0 Å². The van der Waals surface area contributed by atoms with E-state index in [4.69, 9.17) is 0 Å². The maximum Gasteiger partial charge on any atom is 0.251 e. The fourth-order valence-electron chi connectivity index (χ4n) is 2.47. The molecule has 2 N–H and O–H groups in total. The number of benzene rings is 1. The van der Waals surface area contributed by atoms with Gasteiger partial charge in [0.1, 0.15) is 0 Å². The predicted molar refractivity (Wildman–Crippen MR) is 79.9 cm³/mol. The summed E-state index contributed by atoms with van der Waals surface area (Å²) in [6.07, 6.45) is 0.313. The van der Waals surface area contributed by atoms with Crippen LogP contribution in [-0.2, 0) is 4.79 Å². The van der Waals surface area contributed by atoms with Gasteiger partial charge >= 0.3 is 0 Å². The summed E-state index contributed by atoms with van der Waals surface area (Å²) in [5.74, 6) is -0.175. The van der Waals surface area contributed by atoms with E-state index in [0.29, 0.717) is 18.7 Å². The number of piperidine rings is 1. The molecule has 21 heavy (non-hydrogen) atoms. The standard InChI is InChI=1S/C16H22N2O3/c1-11-5-3-4-6-13(11)16(21)17-9-15(20)18-8-7-12(2)14(19)10-18/h3-6,12,14,19H,7-10H2,1-2H3,(H,17,21). The van der Waals surface area contributed by atoms with Crippen molar-refractivity contribution in [3.63, 3.8) is 0 Å².